The lowest BCUT2D eigenvalue weighted by Crippen LogP contribution is -2.40. The molecule has 2 N–H and O–H groups in total. The molecule has 1 aliphatic rings. The summed E-state index contributed by atoms with van der Waals surface area (Å²) in [4.78, 5) is 4.30. The minimum absolute atomic E-state index is 0. The topological polar surface area (TPSA) is 45.7 Å². The van der Waals surface area contributed by atoms with Gasteiger partial charge in [0.05, 0.1) is 7.11 Å². The van der Waals surface area contributed by atoms with Gasteiger partial charge in [-0.1, -0.05) is 36.4 Å². The van der Waals surface area contributed by atoms with Crippen LogP contribution in [-0.2, 0) is 13.0 Å². The molecule has 2 aromatic rings. The normalized spacial score (nSPS) is 15.6. The molecule has 3 rings (SSSR count). The second kappa shape index (κ2) is 8.92. The smallest absolute Gasteiger partial charge is 0.191 e. The van der Waals surface area contributed by atoms with E-state index in [1.165, 1.54) is 16.7 Å². The first kappa shape index (κ1) is 18.6. The average molecular weight is 437 g/mol. The van der Waals surface area contributed by atoms with Crippen molar-refractivity contribution in [2.45, 2.75) is 18.9 Å². The molecular weight excluding hydrogens is 413 g/mol. The van der Waals surface area contributed by atoms with Crippen molar-refractivity contribution in [3.05, 3.63) is 65.2 Å². The average Bonchev–Trinajstić information content (AvgIpc) is 2.58. The van der Waals surface area contributed by atoms with Crippen molar-refractivity contribution in [2.75, 3.05) is 20.7 Å². The first-order chi connectivity index (χ1) is 11.3. The Morgan fingerprint density at radius 2 is 2.00 bits per heavy atom. The largest absolute Gasteiger partial charge is 0.497 e. The van der Waals surface area contributed by atoms with Crippen LogP contribution in [0.25, 0.3) is 0 Å². The summed E-state index contributed by atoms with van der Waals surface area (Å²) >= 11 is 0. The number of nitrogens with zero attached hydrogens (tertiary/aromatic N) is 1. The van der Waals surface area contributed by atoms with Gasteiger partial charge in [0.2, 0.25) is 0 Å². The molecule has 1 aliphatic carbocycles. The van der Waals surface area contributed by atoms with E-state index in [0.717, 1.165) is 31.2 Å². The molecule has 4 nitrogen and oxygen atoms in total. The van der Waals surface area contributed by atoms with Crippen LogP contribution in [0.5, 0.6) is 5.75 Å². The van der Waals surface area contributed by atoms with Crippen molar-refractivity contribution in [3.8, 4) is 5.75 Å². The van der Waals surface area contributed by atoms with Gasteiger partial charge >= 0.3 is 0 Å². The molecule has 24 heavy (non-hydrogen) atoms. The van der Waals surface area contributed by atoms with Crippen molar-refractivity contribution in [3.63, 3.8) is 0 Å². The predicted molar refractivity (Wildman–Crippen MR) is 109 cm³/mol. The number of nitrogens with one attached hydrogen (secondary N) is 2. The minimum Gasteiger partial charge on any atom is -0.497 e. The van der Waals surface area contributed by atoms with Crippen LogP contribution >= 0.6 is 24.0 Å². The van der Waals surface area contributed by atoms with Gasteiger partial charge in [0, 0.05) is 26.1 Å². The van der Waals surface area contributed by atoms with E-state index in [-0.39, 0.29) is 24.0 Å². The maximum atomic E-state index is 5.25. The quantitative estimate of drug-likeness (QED) is 0.429. The third kappa shape index (κ3) is 4.41. The molecule has 0 heterocycles. The van der Waals surface area contributed by atoms with E-state index >= 15 is 0 Å². The van der Waals surface area contributed by atoms with E-state index in [0.29, 0.717) is 5.92 Å². The Morgan fingerprint density at radius 3 is 2.75 bits per heavy atom. The number of rotatable bonds is 5. The van der Waals surface area contributed by atoms with Crippen LogP contribution in [0, 0.1) is 0 Å². The maximum Gasteiger partial charge on any atom is 0.191 e. The molecule has 0 aliphatic heterocycles. The van der Waals surface area contributed by atoms with Crippen molar-refractivity contribution in [2.24, 2.45) is 4.99 Å². The van der Waals surface area contributed by atoms with Crippen molar-refractivity contribution in [1.82, 2.24) is 10.6 Å². The Hall–Kier alpha value is -1.76. The Balaban J connectivity index is 0.00000208. The van der Waals surface area contributed by atoms with Gasteiger partial charge in [-0.2, -0.15) is 0 Å². The van der Waals surface area contributed by atoms with E-state index < -0.39 is 0 Å². The third-order valence-corrected chi connectivity index (χ3v) is 4.29. The van der Waals surface area contributed by atoms with E-state index in [9.17, 15) is 0 Å². The zero-order valence-corrected chi connectivity index (χ0v) is 16.4. The lowest BCUT2D eigenvalue weighted by molar-refractivity contribution is 0.414. The molecule has 0 aromatic heterocycles. The fourth-order valence-electron chi connectivity index (χ4n) is 2.95. The molecule has 5 heteroatoms. The van der Waals surface area contributed by atoms with Crippen molar-refractivity contribution >= 4 is 29.9 Å². The molecule has 0 radical (unpaired) electrons. The lowest BCUT2D eigenvalue weighted by Gasteiger charge is -2.30. The number of aliphatic imine (C=N–C) groups is 1. The number of hydrogen-bond donors (Lipinski definition) is 2. The fraction of sp³-hybridized carbons (Fsp3) is 0.316. The highest BCUT2D eigenvalue weighted by Crippen LogP contribution is 2.33. The zero-order valence-electron chi connectivity index (χ0n) is 14.1. The lowest BCUT2D eigenvalue weighted by atomic mass is 9.78. The van der Waals surface area contributed by atoms with Crippen LogP contribution in [0.1, 0.15) is 22.6 Å². The van der Waals surface area contributed by atoms with Crippen LogP contribution in [0.4, 0.5) is 0 Å². The van der Waals surface area contributed by atoms with Gasteiger partial charge in [-0.15, -0.1) is 24.0 Å². The van der Waals surface area contributed by atoms with E-state index in [1.807, 2.05) is 18.2 Å². The Kier molecular flexibility index (Phi) is 6.90. The Morgan fingerprint density at radius 1 is 1.17 bits per heavy atom. The van der Waals surface area contributed by atoms with Crippen LogP contribution in [0.2, 0.25) is 0 Å². The van der Waals surface area contributed by atoms with Gasteiger partial charge in [0.15, 0.2) is 5.96 Å². The molecule has 0 saturated carbocycles. The first-order valence-corrected chi connectivity index (χ1v) is 7.95. The second-order valence-electron chi connectivity index (χ2n) is 5.76. The number of hydrogen-bond acceptors (Lipinski definition) is 2. The second-order valence-corrected chi connectivity index (χ2v) is 5.76. The summed E-state index contributed by atoms with van der Waals surface area (Å²) in [5.41, 5.74) is 4.10. The summed E-state index contributed by atoms with van der Waals surface area (Å²) in [5.74, 6) is 2.29. The summed E-state index contributed by atoms with van der Waals surface area (Å²) in [6.45, 7) is 1.63. The molecule has 0 bridgehead atoms. The van der Waals surface area contributed by atoms with Gasteiger partial charge < -0.3 is 15.4 Å². The summed E-state index contributed by atoms with van der Waals surface area (Å²) in [6, 6.07) is 16.7. The highest BCUT2D eigenvalue weighted by Gasteiger charge is 2.25. The van der Waals surface area contributed by atoms with Gasteiger partial charge in [-0.25, -0.2) is 0 Å². The molecule has 0 saturated heterocycles. The molecule has 0 amide bonds. The fourth-order valence-corrected chi connectivity index (χ4v) is 2.95. The Labute approximate surface area is 160 Å². The molecule has 0 spiro atoms. The molecule has 1 atom stereocenters. The molecule has 0 fully saturated rings. The minimum atomic E-state index is 0. The van der Waals surface area contributed by atoms with Gasteiger partial charge in [-0.3, -0.25) is 4.99 Å². The van der Waals surface area contributed by atoms with Crippen molar-refractivity contribution in [1.29, 1.82) is 0 Å². The highest BCUT2D eigenvalue weighted by molar-refractivity contribution is 14.0. The van der Waals surface area contributed by atoms with Crippen LogP contribution < -0.4 is 15.4 Å². The molecular formula is C19H24IN3O. The van der Waals surface area contributed by atoms with E-state index in [4.69, 9.17) is 4.74 Å². The SMILES string of the molecule is CN=C(NCc1cccc(OC)c1)NCC1Cc2ccccc21.I. The monoisotopic (exact) mass is 437 g/mol. The number of benzene rings is 2. The van der Waals surface area contributed by atoms with Gasteiger partial charge in [0.1, 0.15) is 5.75 Å². The number of methoxy groups -OCH3 is 1. The number of ether oxygens (including phenoxy) is 1. The summed E-state index contributed by atoms with van der Waals surface area (Å²) < 4.78 is 5.25. The maximum absolute atomic E-state index is 5.25. The van der Waals surface area contributed by atoms with E-state index in [2.05, 4.69) is 46.0 Å². The number of fused-ring (bicyclic) bond motifs is 1. The van der Waals surface area contributed by atoms with Crippen LogP contribution in [-0.4, -0.2) is 26.7 Å². The predicted octanol–water partition coefficient (Wildman–Crippen LogP) is 3.32. The third-order valence-electron chi connectivity index (χ3n) is 4.29. The number of halogens is 1. The van der Waals surface area contributed by atoms with Crippen molar-refractivity contribution < 1.29 is 4.74 Å². The summed E-state index contributed by atoms with van der Waals surface area (Å²) in [5, 5.41) is 6.77. The highest BCUT2D eigenvalue weighted by atomic mass is 127. The molecule has 1 unspecified atom stereocenters. The number of guanidine groups is 1. The van der Waals surface area contributed by atoms with Gasteiger partial charge in [0.25, 0.3) is 0 Å². The standard InChI is InChI=1S/C19H23N3O.HI/c1-20-19(21-12-14-6-5-8-17(10-14)23-2)22-13-16-11-15-7-3-4-9-18(15)16;/h3-10,16H,11-13H2,1-2H3,(H2,20,21,22);1H. The molecule has 128 valence electrons. The van der Waals surface area contributed by atoms with Crippen LogP contribution in [0.3, 0.4) is 0 Å². The van der Waals surface area contributed by atoms with E-state index in [1.54, 1.807) is 14.2 Å². The van der Waals surface area contributed by atoms with Crippen LogP contribution in [0.15, 0.2) is 53.5 Å². The Bertz CT molecular complexity index is 703. The summed E-state index contributed by atoms with van der Waals surface area (Å²) in [6.07, 6.45) is 1.15. The zero-order chi connectivity index (χ0) is 16.1. The molecule has 2 aromatic carbocycles. The summed E-state index contributed by atoms with van der Waals surface area (Å²) in [7, 11) is 3.49. The first-order valence-electron chi connectivity index (χ1n) is 7.95. The van der Waals surface area contributed by atoms with Gasteiger partial charge in [-0.05, 0) is 35.2 Å².